The van der Waals surface area contributed by atoms with Crippen molar-refractivity contribution in [3.63, 3.8) is 0 Å². The van der Waals surface area contributed by atoms with Gasteiger partial charge in [0.05, 0.1) is 12.2 Å². The maximum atomic E-state index is 13.5. The summed E-state index contributed by atoms with van der Waals surface area (Å²) in [5.41, 5.74) is 1.36. The summed E-state index contributed by atoms with van der Waals surface area (Å²) in [5, 5.41) is 8.25. The minimum absolute atomic E-state index is 0.00346. The van der Waals surface area contributed by atoms with E-state index in [1.165, 1.54) is 18.6 Å². The summed E-state index contributed by atoms with van der Waals surface area (Å²) in [6.07, 6.45) is -8.08. The molecule has 31 heavy (non-hydrogen) atoms. The number of aryl methyl sites for hydroxylation is 1. The van der Waals surface area contributed by atoms with Crippen LogP contribution in [0.5, 0.6) is 5.75 Å². The van der Waals surface area contributed by atoms with Crippen molar-refractivity contribution in [2.75, 3.05) is 13.4 Å². The molecule has 0 spiro atoms. The highest BCUT2D eigenvalue weighted by atomic mass is 79.9. The number of halogens is 4. The van der Waals surface area contributed by atoms with Crippen molar-refractivity contribution in [3.05, 3.63) is 33.3 Å². The van der Waals surface area contributed by atoms with Gasteiger partial charge in [-0.3, -0.25) is 10.0 Å². The second kappa shape index (κ2) is 10.8. The van der Waals surface area contributed by atoms with E-state index >= 15 is 0 Å². The van der Waals surface area contributed by atoms with Crippen LogP contribution in [0.4, 0.5) is 18.0 Å². The highest BCUT2D eigenvalue weighted by Gasteiger charge is 2.49. The van der Waals surface area contributed by atoms with Gasteiger partial charge in [0.25, 0.3) is 0 Å². The number of fused-ring (bicyclic) bond motifs is 1. The molecular weight excluding hydrogens is 495 g/mol. The van der Waals surface area contributed by atoms with Gasteiger partial charge in [-0.05, 0) is 37.6 Å². The van der Waals surface area contributed by atoms with E-state index in [1.807, 2.05) is 0 Å². The Labute approximate surface area is 183 Å². The van der Waals surface area contributed by atoms with Crippen LogP contribution in [0.1, 0.15) is 24.5 Å². The van der Waals surface area contributed by atoms with Gasteiger partial charge in [0, 0.05) is 16.5 Å². The summed E-state index contributed by atoms with van der Waals surface area (Å²) < 4.78 is 60.0. The second-order valence-corrected chi connectivity index (χ2v) is 7.30. The van der Waals surface area contributed by atoms with Crippen LogP contribution in [-0.2, 0) is 23.8 Å². The van der Waals surface area contributed by atoms with E-state index < -0.39 is 42.9 Å². The van der Waals surface area contributed by atoms with Gasteiger partial charge in [-0.1, -0.05) is 21.6 Å². The SMILES string of the molecule is Cc1cc(Br)cc2c1OC(C(F)(F)F)C(C(=O)OCOC(=O)OC(C)CCONO)=C2. The lowest BCUT2D eigenvalue weighted by Crippen LogP contribution is -2.41. The minimum atomic E-state index is -4.89. The molecule has 0 saturated carbocycles. The Kier molecular flexibility index (Phi) is 8.68. The van der Waals surface area contributed by atoms with Crippen molar-refractivity contribution < 1.29 is 51.8 Å². The minimum Gasteiger partial charge on any atom is -0.475 e. The molecule has 0 aromatic heterocycles. The zero-order valence-corrected chi connectivity index (χ0v) is 17.9. The van der Waals surface area contributed by atoms with Crippen LogP contribution in [-0.4, -0.2) is 49.1 Å². The van der Waals surface area contributed by atoms with Gasteiger partial charge >= 0.3 is 18.3 Å². The third-order valence-electron chi connectivity index (χ3n) is 3.99. The van der Waals surface area contributed by atoms with Crippen LogP contribution in [0.25, 0.3) is 6.08 Å². The molecule has 172 valence electrons. The van der Waals surface area contributed by atoms with Crippen molar-refractivity contribution in [3.8, 4) is 5.75 Å². The smallest absolute Gasteiger partial charge is 0.475 e. The van der Waals surface area contributed by atoms with Crippen LogP contribution < -0.4 is 10.4 Å². The number of rotatable bonds is 8. The van der Waals surface area contributed by atoms with Crippen molar-refractivity contribution in [2.24, 2.45) is 0 Å². The van der Waals surface area contributed by atoms with Gasteiger partial charge in [0.2, 0.25) is 12.9 Å². The molecule has 1 aromatic carbocycles. The zero-order chi connectivity index (χ0) is 23.2. The average Bonchev–Trinajstić information content (AvgIpc) is 2.66. The van der Waals surface area contributed by atoms with Crippen LogP contribution in [0, 0.1) is 6.92 Å². The normalized spacial score (nSPS) is 16.5. The van der Waals surface area contributed by atoms with E-state index in [2.05, 4.69) is 30.2 Å². The number of nitrogens with one attached hydrogen (secondary N) is 1. The molecule has 9 nitrogen and oxygen atoms in total. The second-order valence-electron chi connectivity index (χ2n) is 6.38. The summed E-state index contributed by atoms with van der Waals surface area (Å²) in [6.45, 7) is 2.13. The Balaban J connectivity index is 2.01. The highest BCUT2D eigenvalue weighted by molar-refractivity contribution is 9.10. The van der Waals surface area contributed by atoms with Crippen LogP contribution >= 0.6 is 15.9 Å². The first kappa shape index (κ1) is 24.9. The molecule has 1 heterocycles. The Morgan fingerprint density at radius 1 is 1.32 bits per heavy atom. The first-order chi connectivity index (χ1) is 14.5. The first-order valence-corrected chi connectivity index (χ1v) is 9.58. The topological polar surface area (TPSA) is 113 Å². The largest absolute Gasteiger partial charge is 0.511 e. The van der Waals surface area contributed by atoms with Crippen LogP contribution in [0.15, 0.2) is 22.2 Å². The number of hydrogen-bond acceptors (Lipinski definition) is 9. The van der Waals surface area contributed by atoms with E-state index in [1.54, 1.807) is 13.0 Å². The van der Waals surface area contributed by atoms with E-state index in [0.717, 1.165) is 6.08 Å². The molecule has 1 aliphatic heterocycles. The molecule has 13 heteroatoms. The number of hydrogen-bond donors (Lipinski definition) is 2. The van der Waals surface area contributed by atoms with Gasteiger partial charge in [0.15, 0.2) is 0 Å². The quantitative estimate of drug-likeness (QED) is 0.232. The fourth-order valence-electron chi connectivity index (χ4n) is 2.60. The van der Waals surface area contributed by atoms with Crippen molar-refractivity contribution >= 4 is 34.1 Å². The predicted molar refractivity (Wildman–Crippen MR) is 101 cm³/mol. The number of benzene rings is 1. The lowest BCUT2D eigenvalue weighted by molar-refractivity contribution is -0.189. The molecule has 2 unspecified atom stereocenters. The van der Waals surface area contributed by atoms with Crippen molar-refractivity contribution in [1.29, 1.82) is 0 Å². The molecule has 0 aliphatic carbocycles. The molecule has 2 rings (SSSR count). The fourth-order valence-corrected chi connectivity index (χ4v) is 3.19. The number of esters is 1. The standard InChI is InChI=1S/C18H19BrF3NO8/c1-9-5-12(19)6-11-7-13(15(18(20,21)22)31-14(9)11)16(24)27-8-28-17(25)30-10(2)3-4-29-23-26/h5-7,10,15,23,26H,3-4,8H2,1-2H3. The Morgan fingerprint density at radius 2 is 2.03 bits per heavy atom. The fraction of sp³-hybridized carbons (Fsp3) is 0.444. The number of alkyl halides is 3. The molecule has 2 atom stereocenters. The maximum absolute atomic E-state index is 13.5. The van der Waals surface area contributed by atoms with E-state index in [0.29, 0.717) is 10.0 Å². The van der Waals surface area contributed by atoms with Gasteiger partial charge in [-0.25, -0.2) is 9.59 Å². The van der Waals surface area contributed by atoms with E-state index in [9.17, 15) is 22.8 Å². The van der Waals surface area contributed by atoms with Crippen LogP contribution in [0.2, 0.25) is 0 Å². The summed E-state index contributed by atoms with van der Waals surface area (Å²) in [7, 11) is 0. The molecule has 0 saturated heterocycles. The third kappa shape index (κ3) is 7.09. The Morgan fingerprint density at radius 3 is 2.68 bits per heavy atom. The summed E-state index contributed by atoms with van der Waals surface area (Å²) in [6, 6.07) is 3.07. The Hall–Kier alpha value is -2.35. The number of carbonyl (C=O) groups is 2. The summed E-state index contributed by atoms with van der Waals surface area (Å²) in [4.78, 5) is 28.2. The van der Waals surface area contributed by atoms with E-state index in [4.69, 9.17) is 14.7 Å². The summed E-state index contributed by atoms with van der Waals surface area (Å²) in [5.74, 6) is -1.37. The monoisotopic (exact) mass is 513 g/mol. The molecular formula is C18H19BrF3NO8. The predicted octanol–water partition coefficient (Wildman–Crippen LogP) is 3.81. The molecule has 0 fully saturated rings. The highest BCUT2D eigenvalue weighted by Crippen LogP contribution is 2.40. The molecule has 0 bridgehead atoms. The lowest BCUT2D eigenvalue weighted by Gasteiger charge is -2.28. The average molecular weight is 514 g/mol. The summed E-state index contributed by atoms with van der Waals surface area (Å²) >= 11 is 3.23. The zero-order valence-electron chi connectivity index (χ0n) is 16.3. The molecule has 2 N–H and O–H groups in total. The van der Waals surface area contributed by atoms with Gasteiger partial charge in [-0.15, -0.1) is 0 Å². The Bertz CT molecular complexity index is 846. The van der Waals surface area contributed by atoms with Gasteiger partial charge in [0.1, 0.15) is 11.9 Å². The molecule has 1 aromatic rings. The molecule has 0 radical (unpaired) electrons. The van der Waals surface area contributed by atoms with Crippen molar-refractivity contribution in [1.82, 2.24) is 5.64 Å². The van der Waals surface area contributed by atoms with Gasteiger partial charge in [-0.2, -0.15) is 13.2 Å². The van der Waals surface area contributed by atoms with E-state index in [-0.39, 0.29) is 24.3 Å². The molecule has 0 amide bonds. The van der Waals surface area contributed by atoms with Crippen molar-refractivity contribution in [2.45, 2.75) is 38.7 Å². The number of ether oxygens (including phenoxy) is 4. The van der Waals surface area contributed by atoms with Gasteiger partial charge < -0.3 is 18.9 Å². The maximum Gasteiger partial charge on any atom is 0.511 e. The van der Waals surface area contributed by atoms with Crippen LogP contribution in [0.3, 0.4) is 0 Å². The lowest BCUT2D eigenvalue weighted by atomic mass is 9.99. The third-order valence-corrected chi connectivity index (χ3v) is 4.44. The number of carbonyl (C=O) groups excluding carboxylic acids is 2. The molecule has 1 aliphatic rings. The first-order valence-electron chi connectivity index (χ1n) is 8.79.